The normalized spacial score (nSPS) is 9.87. The molecule has 80 valence electrons. The van der Waals surface area contributed by atoms with Crippen LogP contribution in [-0.2, 0) is 0 Å². The molecule has 2 nitrogen and oxygen atoms in total. The van der Waals surface area contributed by atoms with E-state index in [1.54, 1.807) is 27.1 Å². The van der Waals surface area contributed by atoms with Gasteiger partial charge in [-0.2, -0.15) is 0 Å². The highest BCUT2D eigenvalue weighted by atomic mass is 19.1. The molecule has 0 heterocycles. The molecule has 0 atom stereocenters. The molecule has 1 rings (SSSR count). The van der Waals surface area contributed by atoms with Crippen molar-refractivity contribution in [1.29, 1.82) is 0 Å². The van der Waals surface area contributed by atoms with Gasteiger partial charge in [0.2, 0.25) is 0 Å². The standard InChI is InChI=1S/C12H14FNO/c1-5-9-6-8(2)10(7-11(9)13)12(15)14(3)4/h5-7H,1H2,2-4H3. The molecule has 0 saturated carbocycles. The van der Waals surface area contributed by atoms with Crippen LogP contribution in [0.4, 0.5) is 4.39 Å². The predicted molar refractivity (Wildman–Crippen MR) is 59.2 cm³/mol. The average Bonchev–Trinajstić information content (AvgIpc) is 2.19. The van der Waals surface area contributed by atoms with E-state index in [0.29, 0.717) is 11.1 Å². The number of hydrogen-bond acceptors (Lipinski definition) is 1. The summed E-state index contributed by atoms with van der Waals surface area (Å²) in [5.74, 6) is -0.609. The van der Waals surface area contributed by atoms with E-state index in [0.717, 1.165) is 5.56 Å². The predicted octanol–water partition coefficient (Wildman–Crippen LogP) is 2.48. The van der Waals surface area contributed by atoms with Crippen LogP contribution < -0.4 is 0 Å². The van der Waals surface area contributed by atoms with Gasteiger partial charge in [0.05, 0.1) is 0 Å². The Morgan fingerprint density at radius 1 is 1.47 bits per heavy atom. The zero-order valence-electron chi connectivity index (χ0n) is 9.17. The number of benzene rings is 1. The van der Waals surface area contributed by atoms with Crippen LogP contribution in [0.2, 0.25) is 0 Å². The second kappa shape index (κ2) is 4.26. The Bertz CT molecular complexity index is 410. The molecule has 0 fully saturated rings. The molecular formula is C12H14FNO. The lowest BCUT2D eigenvalue weighted by Crippen LogP contribution is -2.22. The fraction of sp³-hybridized carbons (Fsp3) is 0.250. The van der Waals surface area contributed by atoms with Crippen molar-refractivity contribution in [3.8, 4) is 0 Å². The minimum Gasteiger partial charge on any atom is -0.345 e. The molecular weight excluding hydrogens is 193 g/mol. The fourth-order valence-corrected chi connectivity index (χ4v) is 1.33. The van der Waals surface area contributed by atoms with E-state index < -0.39 is 5.82 Å². The zero-order chi connectivity index (χ0) is 11.6. The maximum absolute atomic E-state index is 13.4. The van der Waals surface area contributed by atoms with Crippen LogP contribution >= 0.6 is 0 Å². The van der Waals surface area contributed by atoms with Crippen LogP contribution in [0.5, 0.6) is 0 Å². The van der Waals surface area contributed by atoms with E-state index in [1.165, 1.54) is 17.0 Å². The van der Waals surface area contributed by atoms with Crippen LogP contribution in [0.3, 0.4) is 0 Å². The molecule has 1 aromatic carbocycles. The van der Waals surface area contributed by atoms with Gasteiger partial charge in [-0.05, 0) is 24.6 Å². The Kier molecular flexibility index (Phi) is 3.24. The van der Waals surface area contributed by atoms with Crippen LogP contribution in [0.15, 0.2) is 18.7 Å². The summed E-state index contributed by atoms with van der Waals surface area (Å²) in [4.78, 5) is 13.1. The maximum Gasteiger partial charge on any atom is 0.253 e. The van der Waals surface area contributed by atoms with Gasteiger partial charge in [-0.15, -0.1) is 0 Å². The van der Waals surface area contributed by atoms with Gasteiger partial charge < -0.3 is 4.90 Å². The van der Waals surface area contributed by atoms with Gasteiger partial charge in [0.1, 0.15) is 5.82 Å². The molecule has 3 heteroatoms. The van der Waals surface area contributed by atoms with Crippen molar-refractivity contribution < 1.29 is 9.18 Å². The molecule has 1 amide bonds. The van der Waals surface area contributed by atoms with Gasteiger partial charge in [0, 0.05) is 25.2 Å². The van der Waals surface area contributed by atoms with Crippen LogP contribution in [0, 0.1) is 12.7 Å². The fourth-order valence-electron chi connectivity index (χ4n) is 1.33. The summed E-state index contributed by atoms with van der Waals surface area (Å²) in [6.45, 7) is 5.29. The lowest BCUT2D eigenvalue weighted by Gasteiger charge is -2.13. The van der Waals surface area contributed by atoms with Gasteiger partial charge in [0.15, 0.2) is 0 Å². The Labute approximate surface area is 89.0 Å². The van der Waals surface area contributed by atoms with Crippen molar-refractivity contribution >= 4 is 12.0 Å². The van der Waals surface area contributed by atoms with Crippen molar-refractivity contribution in [3.63, 3.8) is 0 Å². The third-order valence-electron chi connectivity index (χ3n) is 2.20. The summed E-state index contributed by atoms with van der Waals surface area (Å²) in [6.07, 6.45) is 1.44. The smallest absolute Gasteiger partial charge is 0.253 e. The summed E-state index contributed by atoms with van der Waals surface area (Å²) < 4.78 is 13.4. The highest BCUT2D eigenvalue weighted by Gasteiger charge is 2.13. The topological polar surface area (TPSA) is 20.3 Å². The third kappa shape index (κ3) is 2.24. The quantitative estimate of drug-likeness (QED) is 0.729. The van der Waals surface area contributed by atoms with E-state index in [4.69, 9.17) is 0 Å². The van der Waals surface area contributed by atoms with Crippen LogP contribution in [0.1, 0.15) is 21.5 Å². The highest BCUT2D eigenvalue weighted by molar-refractivity contribution is 5.95. The minimum absolute atomic E-state index is 0.193. The van der Waals surface area contributed by atoms with Crippen molar-refractivity contribution in [2.75, 3.05) is 14.1 Å². The van der Waals surface area contributed by atoms with Crippen molar-refractivity contribution in [2.24, 2.45) is 0 Å². The van der Waals surface area contributed by atoms with E-state index in [9.17, 15) is 9.18 Å². The van der Waals surface area contributed by atoms with Gasteiger partial charge in [-0.1, -0.05) is 12.7 Å². The second-order valence-corrected chi connectivity index (χ2v) is 3.59. The molecule has 0 bridgehead atoms. The molecule has 0 spiro atoms. The molecule has 0 aromatic heterocycles. The lowest BCUT2D eigenvalue weighted by atomic mass is 10.0. The number of carbonyl (C=O) groups excluding carboxylic acids is 1. The van der Waals surface area contributed by atoms with Crippen molar-refractivity contribution in [3.05, 3.63) is 41.2 Å². The van der Waals surface area contributed by atoms with Gasteiger partial charge in [-0.3, -0.25) is 4.79 Å². The summed E-state index contributed by atoms with van der Waals surface area (Å²) >= 11 is 0. The Morgan fingerprint density at radius 2 is 2.07 bits per heavy atom. The van der Waals surface area contributed by atoms with Gasteiger partial charge in [0.25, 0.3) is 5.91 Å². The number of halogens is 1. The molecule has 0 aliphatic carbocycles. The molecule has 15 heavy (non-hydrogen) atoms. The second-order valence-electron chi connectivity index (χ2n) is 3.59. The first kappa shape index (κ1) is 11.4. The van der Waals surface area contributed by atoms with Gasteiger partial charge in [-0.25, -0.2) is 4.39 Å². The number of carbonyl (C=O) groups is 1. The highest BCUT2D eigenvalue weighted by Crippen LogP contribution is 2.17. The SMILES string of the molecule is C=Cc1cc(C)c(C(=O)N(C)C)cc1F. The first-order chi connectivity index (χ1) is 6.97. The average molecular weight is 207 g/mol. The Balaban J connectivity index is 3.27. The van der Waals surface area contributed by atoms with Gasteiger partial charge >= 0.3 is 0 Å². The first-order valence-corrected chi connectivity index (χ1v) is 4.61. The zero-order valence-corrected chi connectivity index (χ0v) is 9.17. The molecule has 0 radical (unpaired) electrons. The largest absolute Gasteiger partial charge is 0.345 e. The summed E-state index contributed by atoms with van der Waals surface area (Å²) in [5, 5.41) is 0. The van der Waals surface area contributed by atoms with Crippen LogP contribution in [0.25, 0.3) is 6.08 Å². The number of aryl methyl sites for hydroxylation is 1. The van der Waals surface area contributed by atoms with E-state index in [1.807, 2.05) is 0 Å². The summed E-state index contributed by atoms with van der Waals surface area (Å²) in [7, 11) is 3.28. The van der Waals surface area contributed by atoms with Crippen molar-refractivity contribution in [1.82, 2.24) is 4.90 Å². The Hall–Kier alpha value is -1.64. The number of nitrogens with zero attached hydrogens (tertiary/aromatic N) is 1. The minimum atomic E-state index is -0.416. The molecule has 0 aliphatic heterocycles. The molecule has 0 N–H and O–H groups in total. The summed E-state index contributed by atoms with van der Waals surface area (Å²) in [6, 6.07) is 2.88. The molecule has 0 unspecified atom stereocenters. The monoisotopic (exact) mass is 207 g/mol. The van der Waals surface area contributed by atoms with E-state index in [2.05, 4.69) is 6.58 Å². The number of hydrogen-bond donors (Lipinski definition) is 0. The lowest BCUT2D eigenvalue weighted by molar-refractivity contribution is 0.0826. The van der Waals surface area contributed by atoms with E-state index >= 15 is 0 Å². The molecule has 0 aliphatic rings. The third-order valence-corrected chi connectivity index (χ3v) is 2.20. The number of amides is 1. The maximum atomic E-state index is 13.4. The Morgan fingerprint density at radius 3 is 2.53 bits per heavy atom. The molecule has 1 aromatic rings. The summed E-state index contributed by atoms with van der Waals surface area (Å²) in [5.41, 5.74) is 1.57. The molecule has 0 saturated heterocycles. The van der Waals surface area contributed by atoms with E-state index in [-0.39, 0.29) is 5.91 Å². The number of rotatable bonds is 2. The van der Waals surface area contributed by atoms with Crippen LogP contribution in [-0.4, -0.2) is 24.9 Å². The van der Waals surface area contributed by atoms with Crippen molar-refractivity contribution in [2.45, 2.75) is 6.92 Å². The first-order valence-electron chi connectivity index (χ1n) is 4.61.